The Labute approximate surface area is 293 Å². The average Bonchev–Trinajstić information content (AvgIpc) is 3.77. The Morgan fingerprint density at radius 2 is 1.28 bits per heavy atom. The van der Waals surface area contributed by atoms with Crippen LogP contribution in [0.5, 0.6) is 0 Å². The van der Waals surface area contributed by atoms with E-state index in [1.54, 1.807) is 11.3 Å². The molecule has 5 rings (SSSR count). The lowest BCUT2D eigenvalue weighted by atomic mass is 9.96. The van der Waals surface area contributed by atoms with Gasteiger partial charge >= 0.3 is 0 Å². The third-order valence-electron chi connectivity index (χ3n) is 9.09. The predicted octanol–water partition coefficient (Wildman–Crippen LogP) is 12.8. The van der Waals surface area contributed by atoms with Crippen molar-refractivity contribution in [3.63, 3.8) is 0 Å². The fraction of sp³-hybridized carbons (Fsp3) is 0.525. The molecule has 1 aliphatic rings. The molecular weight excluding hydrogens is 637 g/mol. The number of thiophene rings is 2. The molecule has 2 nitrogen and oxygen atoms in total. The number of fused-ring (bicyclic) bond motifs is 2. The van der Waals surface area contributed by atoms with Crippen molar-refractivity contribution in [2.45, 2.75) is 116 Å². The van der Waals surface area contributed by atoms with Gasteiger partial charge in [0.15, 0.2) is 0 Å². The second-order valence-electron chi connectivity index (χ2n) is 14.1. The van der Waals surface area contributed by atoms with Gasteiger partial charge in [-0.2, -0.15) is 0 Å². The van der Waals surface area contributed by atoms with E-state index >= 15 is 0 Å². The molecule has 0 N–H and O–H groups in total. The lowest BCUT2D eigenvalue weighted by Crippen LogP contribution is -2.08. The van der Waals surface area contributed by atoms with Crippen LogP contribution in [0.4, 0.5) is 5.69 Å². The summed E-state index contributed by atoms with van der Waals surface area (Å²) in [4.78, 5) is 11.8. The summed E-state index contributed by atoms with van der Waals surface area (Å²) in [6, 6.07) is 9.12. The Morgan fingerprint density at radius 3 is 1.89 bits per heavy atom. The topological polar surface area (TPSA) is 25.2 Å². The normalized spacial score (nSPS) is 15.4. The molecule has 1 aliphatic heterocycles. The van der Waals surface area contributed by atoms with Crippen LogP contribution in [-0.4, -0.2) is 4.98 Å². The van der Waals surface area contributed by atoms with Crippen molar-refractivity contribution in [2.24, 2.45) is 28.0 Å². The first kappa shape index (κ1) is 35.1. The largest absolute Gasteiger partial charge is 0.234 e. The second-order valence-corrected chi connectivity index (χ2v) is 19.1. The first-order chi connectivity index (χ1) is 22.2. The van der Waals surface area contributed by atoms with Crippen molar-refractivity contribution in [1.82, 2.24) is 4.98 Å². The SMILES string of the molecule is C#Cc1c2c(c(C#C)c3sc(-c4ccc(CCC(C)CCCC(C)C)s4)nc13)N=S2Cc1ccc(CCC(C)CCCC(C)C)s1. The van der Waals surface area contributed by atoms with Gasteiger partial charge < -0.3 is 0 Å². The molecule has 244 valence electrons. The van der Waals surface area contributed by atoms with Gasteiger partial charge in [-0.25, -0.2) is 9.35 Å². The molecule has 3 unspecified atom stereocenters. The van der Waals surface area contributed by atoms with Gasteiger partial charge in [0.25, 0.3) is 0 Å². The predicted molar refractivity (Wildman–Crippen MR) is 207 cm³/mol. The number of hydrogen-bond donors (Lipinski definition) is 0. The van der Waals surface area contributed by atoms with E-state index in [4.69, 9.17) is 22.2 Å². The van der Waals surface area contributed by atoms with Crippen molar-refractivity contribution in [3.8, 4) is 34.6 Å². The maximum atomic E-state index is 6.19. The second kappa shape index (κ2) is 16.3. The molecule has 4 aromatic rings. The van der Waals surface area contributed by atoms with Crippen molar-refractivity contribution >= 4 is 60.6 Å². The van der Waals surface area contributed by atoms with Gasteiger partial charge in [0, 0.05) is 20.4 Å². The zero-order valence-corrected chi connectivity index (χ0v) is 31.8. The average molecular weight is 687 g/mol. The Morgan fingerprint density at radius 1 is 0.696 bits per heavy atom. The fourth-order valence-corrected chi connectivity index (χ4v) is 11.5. The molecular formula is C40H50N2S4. The summed E-state index contributed by atoms with van der Waals surface area (Å²) in [6.45, 7) is 14.1. The van der Waals surface area contributed by atoms with Gasteiger partial charge in [-0.05, 0) is 73.6 Å². The van der Waals surface area contributed by atoms with E-state index in [1.165, 1.54) is 70.9 Å². The first-order valence-corrected chi connectivity index (χ1v) is 21.0. The molecule has 4 heterocycles. The molecule has 0 fully saturated rings. The number of thiazole rings is 1. The number of terminal acetylenes is 2. The monoisotopic (exact) mass is 686 g/mol. The summed E-state index contributed by atoms with van der Waals surface area (Å²) in [5.74, 6) is 10.0. The summed E-state index contributed by atoms with van der Waals surface area (Å²) in [5.41, 5.74) is 3.56. The number of aryl methyl sites for hydroxylation is 2. The third-order valence-corrected chi connectivity index (χ3v) is 14.7. The zero-order valence-electron chi connectivity index (χ0n) is 28.6. The minimum atomic E-state index is -0.289. The highest BCUT2D eigenvalue weighted by Gasteiger charge is 2.30. The van der Waals surface area contributed by atoms with Crippen LogP contribution in [0.2, 0.25) is 0 Å². The summed E-state index contributed by atoms with van der Waals surface area (Å²) in [5, 5.41) is 1.01. The maximum Gasteiger partial charge on any atom is 0.134 e. The van der Waals surface area contributed by atoms with Gasteiger partial charge in [-0.1, -0.05) is 103 Å². The molecule has 0 spiro atoms. The maximum absolute atomic E-state index is 6.19. The van der Waals surface area contributed by atoms with Crippen LogP contribution in [0.15, 0.2) is 33.5 Å². The molecule has 0 saturated heterocycles. The minimum Gasteiger partial charge on any atom is -0.234 e. The molecule has 0 saturated carbocycles. The first-order valence-electron chi connectivity index (χ1n) is 17.2. The highest BCUT2D eigenvalue weighted by atomic mass is 32.2. The fourth-order valence-electron chi connectivity index (χ4n) is 6.23. The molecule has 0 bridgehead atoms. The lowest BCUT2D eigenvalue weighted by Gasteiger charge is -2.23. The van der Waals surface area contributed by atoms with Crippen LogP contribution >= 0.6 is 34.0 Å². The summed E-state index contributed by atoms with van der Waals surface area (Å²) in [7, 11) is -0.289. The lowest BCUT2D eigenvalue weighted by molar-refractivity contribution is 0.437. The molecule has 0 radical (unpaired) electrons. The molecule has 0 aliphatic carbocycles. The van der Waals surface area contributed by atoms with E-state index in [2.05, 4.69) is 77.6 Å². The Bertz CT molecular complexity index is 1750. The Kier molecular flexibility index (Phi) is 12.4. The number of benzene rings is 1. The third kappa shape index (κ3) is 8.62. The van der Waals surface area contributed by atoms with Crippen molar-refractivity contribution in [3.05, 3.63) is 50.0 Å². The van der Waals surface area contributed by atoms with Crippen LogP contribution in [0, 0.1) is 48.4 Å². The number of aromatic nitrogens is 1. The van der Waals surface area contributed by atoms with E-state index in [-0.39, 0.29) is 10.7 Å². The van der Waals surface area contributed by atoms with Crippen molar-refractivity contribution < 1.29 is 0 Å². The highest BCUT2D eigenvalue weighted by Crippen LogP contribution is 2.49. The summed E-state index contributed by atoms with van der Waals surface area (Å²) in [6.07, 6.45) is 25.1. The smallest absolute Gasteiger partial charge is 0.134 e. The number of rotatable bonds is 17. The van der Waals surface area contributed by atoms with Crippen LogP contribution in [-0.2, 0) is 29.3 Å². The minimum absolute atomic E-state index is 0.289. The number of hydrogen-bond acceptors (Lipinski definition) is 5. The quantitative estimate of drug-likeness (QED) is 0.102. The molecule has 6 heteroatoms. The molecule has 0 amide bonds. The molecule has 1 aromatic carbocycles. The van der Waals surface area contributed by atoms with E-state index in [0.717, 1.165) is 79.2 Å². The Hall–Kier alpha value is -2.22. The standard InChI is InChI=1S/C40H50N2S4/c1-9-33-37-39(46(42-37)25-32-22-21-30(43-32)19-17-28(7)15-11-13-26(3)4)34(10-2)36-38(33)45-40(41-36)35-24-23-31(44-35)20-18-29(8)16-12-14-27(5)6/h1-2,21-24,26-29H,11-20,25H2,3-8H3. The van der Waals surface area contributed by atoms with E-state index in [0.29, 0.717) is 0 Å². The molecule has 3 atom stereocenters. The van der Waals surface area contributed by atoms with Gasteiger partial charge in [-0.15, -0.1) is 46.9 Å². The molecule has 3 aromatic heterocycles. The van der Waals surface area contributed by atoms with Crippen molar-refractivity contribution in [2.75, 3.05) is 0 Å². The summed E-state index contributed by atoms with van der Waals surface area (Å²) >= 11 is 5.47. The Balaban J connectivity index is 1.26. The van der Waals surface area contributed by atoms with Gasteiger partial charge in [0.1, 0.15) is 16.2 Å². The number of nitrogens with zero attached hydrogens (tertiary/aromatic N) is 2. The van der Waals surface area contributed by atoms with Gasteiger partial charge in [-0.3, -0.25) is 0 Å². The van der Waals surface area contributed by atoms with Crippen LogP contribution in [0.3, 0.4) is 0 Å². The van der Waals surface area contributed by atoms with E-state index in [9.17, 15) is 0 Å². The molecule has 46 heavy (non-hydrogen) atoms. The van der Waals surface area contributed by atoms with Crippen LogP contribution < -0.4 is 0 Å². The summed E-state index contributed by atoms with van der Waals surface area (Å²) < 4.78 is 6.08. The van der Waals surface area contributed by atoms with Crippen molar-refractivity contribution in [1.29, 1.82) is 0 Å². The van der Waals surface area contributed by atoms with Gasteiger partial charge in [0.2, 0.25) is 0 Å². The van der Waals surface area contributed by atoms with E-state index in [1.807, 2.05) is 22.7 Å². The zero-order chi connectivity index (χ0) is 32.8. The van der Waals surface area contributed by atoms with E-state index < -0.39 is 0 Å². The highest BCUT2D eigenvalue weighted by molar-refractivity contribution is 7.88. The van der Waals surface area contributed by atoms with Crippen LogP contribution in [0.25, 0.3) is 20.1 Å². The van der Waals surface area contributed by atoms with Gasteiger partial charge in [0.05, 0.1) is 25.6 Å². The van der Waals surface area contributed by atoms with Crippen LogP contribution in [0.1, 0.15) is 119 Å².